The van der Waals surface area contributed by atoms with Crippen LogP contribution in [0.4, 0.5) is 26.3 Å². The summed E-state index contributed by atoms with van der Waals surface area (Å²) in [5, 5.41) is 5.41. The van der Waals surface area contributed by atoms with Gasteiger partial charge in [-0.2, -0.15) is 0 Å². The molecule has 0 bridgehead atoms. The van der Waals surface area contributed by atoms with E-state index in [2.05, 4.69) is 30.6 Å². The average molecular weight is 757 g/mol. The van der Waals surface area contributed by atoms with Crippen LogP contribution in [0.5, 0.6) is 0 Å². The zero-order chi connectivity index (χ0) is 39.1. The van der Waals surface area contributed by atoms with E-state index in [-0.39, 0.29) is 63.0 Å². The highest BCUT2D eigenvalue weighted by Crippen LogP contribution is 2.39. The van der Waals surface area contributed by atoms with Crippen molar-refractivity contribution in [3.05, 3.63) is 72.6 Å². The highest BCUT2D eigenvalue weighted by Gasteiger charge is 2.42. The average Bonchev–Trinajstić information content (AvgIpc) is 3.79. The number of aromatic nitrogens is 4. The number of hydrogen-bond donors (Lipinski definition) is 4. The molecular formula is C40H46F6N6O2. The third-order valence-electron chi connectivity index (χ3n) is 10.6. The van der Waals surface area contributed by atoms with Crippen LogP contribution in [0.1, 0.15) is 103 Å². The van der Waals surface area contributed by atoms with Gasteiger partial charge < -0.3 is 20.6 Å². The summed E-state index contributed by atoms with van der Waals surface area (Å²) in [6.07, 6.45) is 1.93. The molecule has 4 N–H and O–H groups in total. The van der Waals surface area contributed by atoms with E-state index in [1.165, 1.54) is 27.7 Å². The first-order chi connectivity index (χ1) is 25.3. The van der Waals surface area contributed by atoms with E-state index in [9.17, 15) is 27.2 Å². The molecule has 14 heteroatoms. The molecule has 54 heavy (non-hydrogen) atoms. The summed E-state index contributed by atoms with van der Waals surface area (Å²) in [6.45, 7) is 5.31. The maximum absolute atomic E-state index is 15.3. The number of hydrogen-bond acceptors (Lipinski definition) is 4. The van der Waals surface area contributed by atoms with Gasteiger partial charge in [-0.15, -0.1) is 0 Å². The second-order valence-corrected chi connectivity index (χ2v) is 15.8. The van der Waals surface area contributed by atoms with Gasteiger partial charge in [0.25, 0.3) is 0 Å². The molecule has 2 aromatic carbocycles. The third-order valence-corrected chi connectivity index (χ3v) is 10.6. The van der Waals surface area contributed by atoms with Crippen molar-refractivity contribution in [3.63, 3.8) is 0 Å². The first-order valence-corrected chi connectivity index (χ1v) is 18.3. The Bertz CT molecular complexity index is 1770. The van der Waals surface area contributed by atoms with E-state index in [0.717, 1.165) is 22.3 Å². The molecular weight excluding hydrogens is 710 g/mol. The Morgan fingerprint density at radius 1 is 0.611 bits per heavy atom. The lowest BCUT2D eigenvalue weighted by molar-refractivity contribution is -0.132. The van der Waals surface area contributed by atoms with Crippen molar-refractivity contribution in [3.8, 4) is 33.6 Å². The van der Waals surface area contributed by atoms with Gasteiger partial charge >= 0.3 is 0 Å². The SMILES string of the molecule is CC(C)(F)C(NC(=O)C1CCC(F)(F)CC1)c1nc(-c2ccc(-c3ccc(-c4c[nH]c(C(NC(=O)C5CCC(F)(F)CC5)C(C)(C)F)n4)cc3)cc2)c[nH]1. The fraction of sp³-hybridized carbons (Fsp3) is 0.500. The Hall–Kier alpha value is -4.62. The molecule has 2 aliphatic rings. The molecule has 0 spiro atoms. The summed E-state index contributed by atoms with van der Waals surface area (Å²) in [5.74, 6) is -7.28. The number of rotatable bonds is 11. The molecule has 290 valence electrons. The van der Waals surface area contributed by atoms with Crippen LogP contribution in [-0.4, -0.2) is 54.9 Å². The Labute approximate surface area is 310 Å². The fourth-order valence-electron chi connectivity index (χ4n) is 7.19. The molecule has 2 atom stereocenters. The number of aromatic amines is 2. The number of imidazole rings is 2. The van der Waals surface area contributed by atoms with E-state index in [0.29, 0.717) is 11.4 Å². The van der Waals surface area contributed by atoms with Crippen LogP contribution >= 0.6 is 0 Å². The van der Waals surface area contributed by atoms with E-state index >= 15 is 8.78 Å². The minimum Gasteiger partial charge on any atom is -0.346 e. The summed E-state index contributed by atoms with van der Waals surface area (Å²) in [7, 11) is 0. The second-order valence-electron chi connectivity index (χ2n) is 15.8. The first-order valence-electron chi connectivity index (χ1n) is 18.3. The third kappa shape index (κ3) is 9.18. The Kier molecular flexibility index (Phi) is 10.8. The molecule has 2 heterocycles. The van der Waals surface area contributed by atoms with Crippen LogP contribution in [0.25, 0.3) is 33.6 Å². The number of nitrogens with one attached hydrogen (secondary N) is 4. The lowest BCUT2D eigenvalue weighted by Crippen LogP contribution is -2.44. The van der Waals surface area contributed by atoms with Gasteiger partial charge in [0.2, 0.25) is 23.7 Å². The number of halogens is 6. The molecule has 6 rings (SSSR count). The smallest absolute Gasteiger partial charge is 0.248 e. The fourth-order valence-corrected chi connectivity index (χ4v) is 7.19. The molecule has 0 saturated heterocycles. The largest absolute Gasteiger partial charge is 0.346 e. The second kappa shape index (κ2) is 14.9. The molecule has 2 unspecified atom stereocenters. The highest BCUT2D eigenvalue weighted by molar-refractivity contribution is 5.80. The molecule has 2 aromatic heterocycles. The van der Waals surface area contributed by atoms with Crippen LogP contribution < -0.4 is 10.6 Å². The van der Waals surface area contributed by atoms with Crippen molar-refractivity contribution in [2.45, 2.75) is 114 Å². The summed E-state index contributed by atoms with van der Waals surface area (Å²) in [6, 6.07) is 12.9. The normalized spacial score (nSPS) is 19.2. The number of carbonyl (C=O) groups excluding carboxylic acids is 2. The van der Waals surface area contributed by atoms with Crippen molar-refractivity contribution in [1.82, 2.24) is 30.6 Å². The lowest BCUT2D eigenvalue weighted by Gasteiger charge is -2.31. The summed E-state index contributed by atoms with van der Waals surface area (Å²) >= 11 is 0. The summed E-state index contributed by atoms with van der Waals surface area (Å²) in [4.78, 5) is 41.0. The number of alkyl halides is 6. The Morgan fingerprint density at radius 3 is 1.20 bits per heavy atom. The molecule has 0 aliphatic heterocycles. The van der Waals surface area contributed by atoms with Crippen LogP contribution in [0, 0.1) is 11.8 Å². The molecule has 4 aromatic rings. The van der Waals surface area contributed by atoms with Crippen LogP contribution in [-0.2, 0) is 9.59 Å². The van der Waals surface area contributed by atoms with Crippen molar-refractivity contribution >= 4 is 11.8 Å². The molecule has 8 nitrogen and oxygen atoms in total. The van der Waals surface area contributed by atoms with Crippen LogP contribution in [0.2, 0.25) is 0 Å². The predicted molar refractivity (Wildman–Crippen MR) is 193 cm³/mol. The minimum absolute atomic E-state index is 0.0393. The maximum Gasteiger partial charge on any atom is 0.248 e. The van der Waals surface area contributed by atoms with Gasteiger partial charge in [-0.1, -0.05) is 48.5 Å². The molecule has 0 radical (unpaired) electrons. The van der Waals surface area contributed by atoms with Crippen LogP contribution in [0.15, 0.2) is 60.9 Å². The number of benzene rings is 2. The summed E-state index contributed by atoms with van der Waals surface area (Å²) in [5.41, 5.74) is 0.587. The van der Waals surface area contributed by atoms with E-state index < -0.39 is 58.9 Å². The highest BCUT2D eigenvalue weighted by atomic mass is 19.3. The van der Waals surface area contributed by atoms with Gasteiger partial charge in [0.15, 0.2) is 0 Å². The zero-order valence-corrected chi connectivity index (χ0v) is 30.7. The van der Waals surface area contributed by atoms with Gasteiger partial charge in [0, 0.05) is 61.0 Å². The minimum atomic E-state index is -2.78. The topological polar surface area (TPSA) is 116 Å². The summed E-state index contributed by atoms with van der Waals surface area (Å²) < 4.78 is 85.2. The van der Waals surface area contributed by atoms with Gasteiger partial charge in [-0.05, 0) is 64.5 Å². The number of H-pyrrole nitrogens is 2. The Morgan fingerprint density at radius 2 is 0.907 bits per heavy atom. The number of carbonyl (C=O) groups is 2. The predicted octanol–water partition coefficient (Wildman–Crippen LogP) is 9.60. The maximum atomic E-state index is 15.3. The molecule has 2 saturated carbocycles. The standard InChI is InChI=1S/C40H46F6N6O2/c1-37(2,41)31(51-35(53)27-13-17-39(43,44)18-14-27)33-47-21-29(49-33)25-9-5-23(6-10-25)24-7-11-26(12-8-24)30-22-48-34(50-30)32(38(3,4)42)52-36(54)28-15-19-40(45,46)20-16-28/h5-12,21-22,27-28,31-32H,13-20H2,1-4H3,(H,47,49)(H,48,50)(H,51,53)(H,52,54). The van der Waals surface area contributed by atoms with Gasteiger partial charge in [0.05, 0.1) is 11.4 Å². The quantitative estimate of drug-likeness (QED) is 0.114. The van der Waals surface area contributed by atoms with E-state index in [4.69, 9.17) is 0 Å². The van der Waals surface area contributed by atoms with Crippen molar-refractivity contribution < 1.29 is 35.9 Å². The van der Waals surface area contributed by atoms with E-state index in [1.54, 1.807) is 12.4 Å². The van der Waals surface area contributed by atoms with E-state index in [1.807, 2.05) is 48.5 Å². The van der Waals surface area contributed by atoms with Crippen molar-refractivity contribution in [1.29, 1.82) is 0 Å². The number of nitrogens with zero attached hydrogens (tertiary/aromatic N) is 2. The molecule has 2 amide bonds. The molecule has 2 aliphatic carbocycles. The monoisotopic (exact) mass is 756 g/mol. The molecule has 2 fully saturated rings. The first kappa shape index (κ1) is 39.1. The van der Waals surface area contributed by atoms with Crippen LogP contribution in [0.3, 0.4) is 0 Å². The van der Waals surface area contributed by atoms with Gasteiger partial charge in [-0.25, -0.2) is 36.3 Å². The van der Waals surface area contributed by atoms with Crippen molar-refractivity contribution in [2.24, 2.45) is 11.8 Å². The Balaban J connectivity index is 1.10. The van der Waals surface area contributed by atoms with Gasteiger partial charge in [-0.3, -0.25) is 9.59 Å². The lowest BCUT2D eigenvalue weighted by atomic mass is 9.85. The number of amides is 2. The van der Waals surface area contributed by atoms with Gasteiger partial charge in [0.1, 0.15) is 35.1 Å². The zero-order valence-electron chi connectivity index (χ0n) is 30.7. The van der Waals surface area contributed by atoms with Crippen molar-refractivity contribution in [2.75, 3.05) is 0 Å².